The maximum Gasteiger partial charge on any atom is 0.573 e. The van der Waals surface area contributed by atoms with Gasteiger partial charge in [0.25, 0.3) is 0 Å². The molecule has 1 aromatic carbocycles. The van der Waals surface area contributed by atoms with Crippen molar-refractivity contribution in [2.75, 3.05) is 5.73 Å². The van der Waals surface area contributed by atoms with E-state index in [1.807, 2.05) is 0 Å². The van der Waals surface area contributed by atoms with Gasteiger partial charge in [0, 0.05) is 5.56 Å². The fourth-order valence-corrected chi connectivity index (χ4v) is 1.70. The molecule has 1 aromatic rings. The van der Waals surface area contributed by atoms with Crippen LogP contribution in [-0.2, 0) is 5.67 Å². The van der Waals surface area contributed by atoms with Gasteiger partial charge in [-0.3, -0.25) is 0 Å². The third kappa shape index (κ3) is 3.67. The van der Waals surface area contributed by atoms with E-state index in [2.05, 4.69) is 4.74 Å². The van der Waals surface area contributed by atoms with Gasteiger partial charge >= 0.3 is 24.4 Å². The molecule has 0 bridgehead atoms. The Kier molecular flexibility index (Phi) is 4.65. The molecular weight excluding hydrogens is 376 g/mol. The highest BCUT2D eigenvalue weighted by Gasteiger charge is 2.73. The third-order valence-corrected chi connectivity index (χ3v) is 2.81. The first-order valence-electron chi connectivity index (χ1n) is 5.18. The molecule has 0 unspecified atom stereocenters. The maximum atomic E-state index is 13.8. The number of hydrogen-bond donors (Lipinski definition) is 1. The molecule has 0 radical (unpaired) electrons. The lowest BCUT2D eigenvalue weighted by atomic mass is 9.93. The van der Waals surface area contributed by atoms with Crippen molar-refractivity contribution in [2.24, 2.45) is 0 Å². The molecule has 2 N–H and O–H groups in total. The Morgan fingerprint density at radius 1 is 0.826 bits per heavy atom. The Morgan fingerprint density at radius 2 is 1.26 bits per heavy atom. The molecule has 0 saturated heterocycles. The van der Waals surface area contributed by atoms with E-state index in [0.29, 0.717) is 0 Å². The van der Waals surface area contributed by atoms with Crippen molar-refractivity contribution >= 4 is 17.3 Å². The van der Waals surface area contributed by atoms with E-state index in [4.69, 9.17) is 17.3 Å². The summed E-state index contributed by atoms with van der Waals surface area (Å²) in [5, 5.41) is -1.18. The molecular formula is C10H4ClF10NO. The van der Waals surface area contributed by atoms with Gasteiger partial charge in [0.05, 0.1) is 10.7 Å². The predicted molar refractivity (Wildman–Crippen MR) is 57.4 cm³/mol. The SMILES string of the molecule is Nc1c(Cl)cc(C(F)(C(F)(F)F)C(F)(F)F)cc1OC(F)(F)F. The minimum atomic E-state index is -6.53. The van der Waals surface area contributed by atoms with Gasteiger partial charge in [-0.2, -0.15) is 26.3 Å². The number of rotatable bonds is 2. The van der Waals surface area contributed by atoms with Crippen molar-refractivity contribution < 1.29 is 48.6 Å². The van der Waals surface area contributed by atoms with Crippen LogP contribution in [0.25, 0.3) is 0 Å². The average molecular weight is 380 g/mol. The molecule has 0 aliphatic heterocycles. The van der Waals surface area contributed by atoms with Crippen LogP contribution in [0.5, 0.6) is 5.75 Å². The standard InChI is InChI=1S/C10H4ClF10NO/c11-4-1-3(2-5(6(4)22)23-10(19,20)21)7(12,8(13,14)15)9(16,17)18/h1-2H,22H2. The number of nitrogen functional groups attached to an aromatic ring is 1. The summed E-state index contributed by atoms with van der Waals surface area (Å²) in [5.41, 5.74) is -4.36. The van der Waals surface area contributed by atoms with E-state index in [9.17, 15) is 43.9 Å². The second-order valence-electron chi connectivity index (χ2n) is 4.07. The second-order valence-corrected chi connectivity index (χ2v) is 4.48. The molecule has 0 aliphatic carbocycles. The van der Waals surface area contributed by atoms with Gasteiger partial charge in [-0.25, -0.2) is 4.39 Å². The summed E-state index contributed by atoms with van der Waals surface area (Å²) in [7, 11) is 0. The fraction of sp³-hybridized carbons (Fsp3) is 0.400. The summed E-state index contributed by atoms with van der Waals surface area (Å²) in [5.74, 6) is -1.70. The van der Waals surface area contributed by atoms with E-state index < -0.39 is 52.5 Å². The van der Waals surface area contributed by atoms with Gasteiger partial charge in [-0.05, 0) is 12.1 Å². The van der Waals surface area contributed by atoms with Crippen molar-refractivity contribution in [3.05, 3.63) is 22.7 Å². The van der Waals surface area contributed by atoms with E-state index in [-0.39, 0.29) is 6.07 Å². The molecule has 132 valence electrons. The van der Waals surface area contributed by atoms with Gasteiger partial charge in [-0.1, -0.05) is 11.6 Å². The van der Waals surface area contributed by atoms with Crippen LogP contribution < -0.4 is 10.5 Å². The van der Waals surface area contributed by atoms with Crippen LogP contribution >= 0.6 is 11.6 Å². The van der Waals surface area contributed by atoms with Gasteiger partial charge in [0.2, 0.25) is 0 Å². The van der Waals surface area contributed by atoms with Crippen LogP contribution in [0, 0.1) is 0 Å². The van der Waals surface area contributed by atoms with Crippen LogP contribution in [0.3, 0.4) is 0 Å². The molecule has 0 aromatic heterocycles. The molecule has 0 atom stereocenters. The van der Waals surface area contributed by atoms with Gasteiger partial charge in [-0.15, -0.1) is 13.2 Å². The fourth-order valence-electron chi connectivity index (χ4n) is 1.49. The Labute approximate surface area is 125 Å². The molecule has 0 heterocycles. The topological polar surface area (TPSA) is 35.2 Å². The molecule has 0 aliphatic rings. The van der Waals surface area contributed by atoms with Crippen LogP contribution in [0.2, 0.25) is 5.02 Å². The van der Waals surface area contributed by atoms with E-state index >= 15 is 0 Å². The first-order chi connectivity index (χ1) is 10.0. The lowest BCUT2D eigenvalue weighted by molar-refractivity contribution is -0.348. The van der Waals surface area contributed by atoms with Crippen LogP contribution in [0.4, 0.5) is 49.6 Å². The van der Waals surface area contributed by atoms with Crippen molar-refractivity contribution in [1.29, 1.82) is 0 Å². The summed E-state index contributed by atoms with van der Waals surface area (Å²) in [6, 6.07) is -0.642. The number of anilines is 1. The number of nitrogens with two attached hydrogens (primary N) is 1. The highest BCUT2D eigenvalue weighted by molar-refractivity contribution is 6.33. The lowest BCUT2D eigenvalue weighted by Gasteiger charge is -2.30. The molecule has 0 saturated carbocycles. The zero-order valence-corrected chi connectivity index (χ0v) is 11.1. The van der Waals surface area contributed by atoms with Crippen LogP contribution in [0.15, 0.2) is 12.1 Å². The Morgan fingerprint density at radius 3 is 1.61 bits per heavy atom. The normalized spacial score (nSPS) is 14.0. The number of halogens is 11. The molecule has 23 heavy (non-hydrogen) atoms. The van der Waals surface area contributed by atoms with Crippen LogP contribution in [0.1, 0.15) is 5.56 Å². The minimum absolute atomic E-state index is 0.179. The Bertz CT molecular complexity index is 577. The lowest BCUT2D eigenvalue weighted by Crippen LogP contribution is -2.50. The van der Waals surface area contributed by atoms with Crippen molar-refractivity contribution in [3.63, 3.8) is 0 Å². The maximum absolute atomic E-state index is 13.8. The summed E-state index contributed by atoms with van der Waals surface area (Å²) in [4.78, 5) is 0. The summed E-state index contributed by atoms with van der Waals surface area (Å²) < 4.78 is 129. The van der Waals surface area contributed by atoms with E-state index in [1.54, 1.807) is 0 Å². The smallest absolute Gasteiger partial charge is 0.404 e. The third-order valence-electron chi connectivity index (χ3n) is 2.50. The second kappa shape index (κ2) is 5.49. The molecule has 13 heteroatoms. The molecule has 1 rings (SSSR count). The average Bonchev–Trinajstić information content (AvgIpc) is 2.29. The number of alkyl halides is 10. The molecule has 0 fully saturated rings. The summed E-state index contributed by atoms with van der Waals surface area (Å²) in [6.07, 6.45) is -18.6. The molecule has 0 spiro atoms. The first kappa shape index (κ1) is 19.5. The molecule has 2 nitrogen and oxygen atoms in total. The van der Waals surface area contributed by atoms with Gasteiger partial charge in [0.15, 0.2) is 5.75 Å². The summed E-state index contributed by atoms with van der Waals surface area (Å²) >= 11 is 5.18. The first-order valence-corrected chi connectivity index (χ1v) is 5.56. The number of benzene rings is 1. The van der Waals surface area contributed by atoms with Crippen molar-refractivity contribution in [3.8, 4) is 5.75 Å². The predicted octanol–water partition coefficient (Wildman–Crippen LogP) is 5.11. The summed E-state index contributed by atoms with van der Waals surface area (Å²) in [6.45, 7) is 0. The van der Waals surface area contributed by atoms with Gasteiger partial charge in [0.1, 0.15) is 0 Å². The molecule has 0 amide bonds. The highest BCUT2D eigenvalue weighted by atomic mass is 35.5. The Hall–Kier alpha value is -1.59. The minimum Gasteiger partial charge on any atom is -0.404 e. The highest BCUT2D eigenvalue weighted by Crippen LogP contribution is 2.54. The monoisotopic (exact) mass is 379 g/mol. The van der Waals surface area contributed by atoms with Crippen molar-refractivity contribution in [1.82, 2.24) is 0 Å². The van der Waals surface area contributed by atoms with E-state index in [1.165, 1.54) is 0 Å². The van der Waals surface area contributed by atoms with Crippen LogP contribution in [-0.4, -0.2) is 18.7 Å². The van der Waals surface area contributed by atoms with Gasteiger partial charge < -0.3 is 10.5 Å². The quantitative estimate of drug-likeness (QED) is 0.572. The van der Waals surface area contributed by atoms with E-state index in [0.717, 1.165) is 0 Å². The number of ether oxygens (including phenoxy) is 1. The zero-order valence-electron chi connectivity index (χ0n) is 10.3. The zero-order chi connectivity index (χ0) is 18.4. The Balaban J connectivity index is 3.64. The largest absolute Gasteiger partial charge is 0.573 e. The number of hydrogen-bond acceptors (Lipinski definition) is 2. The van der Waals surface area contributed by atoms with Crippen molar-refractivity contribution in [2.45, 2.75) is 24.4 Å².